The first-order valence-corrected chi connectivity index (χ1v) is 7.78. The van der Waals surface area contributed by atoms with Crippen molar-refractivity contribution in [2.24, 2.45) is 0 Å². The molecule has 4 N–H and O–H groups in total. The molecule has 2 rings (SSSR count). The average molecular weight is 318 g/mol. The number of hydrogen-bond donors (Lipinski definition) is 3. The Bertz CT molecular complexity index is 545. The van der Waals surface area contributed by atoms with Crippen LogP contribution in [-0.2, 0) is 6.61 Å². The fourth-order valence-corrected chi connectivity index (χ4v) is 2.03. The highest BCUT2D eigenvalue weighted by molar-refractivity contribution is 5.31. The molecule has 0 bridgehead atoms. The molecule has 0 unspecified atom stereocenters. The first-order valence-electron chi connectivity index (χ1n) is 7.78. The van der Waals surface area contributed by atoms with Crippen molar-refractivity contribution in [3.05, 3.63) is 60.2 Å². The van der Waals surface area contributed by atoms with E-state index in [2.05, 4.69) is 0 Å². The molecule has 0 aliphatic rings. The van der Waals surface area contributed by atoms with E-state index in [1.165, 1.54) is 0 Å². The Morgan fingerprint density at radius 2 is 1.57 bits per heavy atom. The molecule has 5 heteroatoms. The summed E-state index contributed by atoms with van der Waals surface area (Å²) in [6.07, 6.45) is -0.560. The molecule has 23 heavy (non-hydrogen) atoms. The van der Waals surface area contributed by atoms with Crippen molar-refractivity contribution in [3.63, 3.8) is 0 Å². The highest BCUT2D eigenvalue weighted by Crippen LogP contribution is 2.18. The summed E-state index contributed by atoms with van der Waals surface area (Å²) in [6.45, 7) is 1.97. The molecule has 0 aliphatic carbocycles. The van der Waals surface area contributed by atoms with Crippen LogP contribution in [0, 0.1) is 0 Å². The second-order valence-electron chi connectivity index (χ2n) is 5.25. The van der Waals surface area contributed by atoms with Gasteiger partial charge in [0.1, 0.15) is 37.4 Å². The predicted molar refractivity (Wildman–Crippen MR) is 87.5 cm³/mol. The van der Waals surface area contributed by atoms with Crippen LogP contribution in [0.3, 0.4) is 0 Å². The third-order valence-corrected chi connectivity index (χ3v) is 3.29. The first kappa shape index (κ1) is 17.3. The molecule has 0 aromatic heterocycles. The lowest BCUT2D eigenvalue weighted by Gasteiger charge is -2.12. The molecule has 2 aromatic rings. The maximum atomic E-state index is 9.74. The van der Waals surface area contributed by atoms with Gasteiger partial charge >= 0.3 is 0 Å². The Morgan fingerprint density at radius 1 is 0.913 bits per heavy atom. The van der Waals surface area contributed by atoms with Gasteiger partial charge in [-0.2, -0.15) is 0 Å². The van der Waals surface area contributed by atoms with Crippen LogP contribution < -0.4 is 14.8 Å². The minimum atomic E-state index is -0.560. The van der Waals surface area contributed by atoms with Crippen LogP contribution in [0.1, 0.15) is 5.56 Å². The summed E-state index contributed by atoms with van der Waals surface area (Å²) >= 11 is 0. The number of nitrogens with two attached hydrogens (primary N) is 1. The maximum Gasteiger partial charge on any atom is 0.137 e. The van der Waals surface area contributed by atoms with Crippen molar-refractivity contribution in [3.8, 4) is 11.5 Å². The molecule has 0 saturated heterocycles. The largest absolute Gasteiger partial charge is 0.491 e. The minimum Gasteiger partial charge on any atom is -0.491 e. The lowest BCUT2D eigenvalue weighted by Crippen LogP contribution is -2.87. The Labute approximate surface area is 136 Å². The molecule has 0 amide bonds. The zero-order valence-corrected chi connectivity index (χ0v) is 13.1. The quantitative estimate of drug-likeness (QED) is 0.560. The summed E-state index contributed by atoms with van der Waals surface area (Å²) in [5.74, 6) is 1.47. The van der Waals surface area contributed by atoms with E-state index in [1.54, 1.807) is 0 Å². The Morgan fingerprint density at radius 3 is 2.22 bits per heavy atom. The first-order chi connectivity index (χ1) is 11.3. The average Bonchev–Trinajstić information content (AvgIpc) is 2.60. The summed E-state index contributed by atoms with van der Waals surface area (Å²) in [6, 6.07) is 17.3. The monoisotopic (exact) mass is 318 g/mol. The Balaban J connectivity index is 1.71. The van der Waals surface area contributed by atoms with E-state index in [0.29, 0.717) is 25.4 Å². The predicted octanol–water partition coefficient (Wildman–Crippen LogP) is 0.561. The molecule has 0 radical (unpaired) electrons. The van der Waals surface area contributed by atoms with Gasteiger partial charge in [-0.1, -0.05) is 30.3 Å². The van der Waals surface area contributed by atoms with E-state index in [4.69, 9.17) is 14.6 Å². The summed E-state index contributed by atoms with van der Waals surface area (Å²) in [7, 11) is 0. The summed E-state index contributed by atoms with van der Waals surface area (Å²) in [4.78, 5) is 0. The number of ether oxygens (including phenoxy) is 2. The molecule has 0 fully saturated rings. The summed E-state index contributed by atoms with van der Waals surface area (Å²) < 4.78 is 11.2. The van der Waals surface area contributed by atoms with Crippen molar-refractivity contribution >= 4 is 0 Å². The van der Waals surface area contributed by atoms with Gasteiger partial charge in [0, 0.05) is 0 Å². The lowest BCUT2D eigenvalue weighted by molar-refractivity contribution is -0.662. The number of aliphatic hydroxyl groups excluding tert-OH is 2. The van der Waals surface area contributed by atoms with E-state index in [9.17, 15) is 5.11 Å². The second-order valence-corrected chi connectivity index (χ2v) is 5.25. The number of quaternary nitrogens is 1. The van der Waals surface area contributed by atoms with E-state index in [-0.39, 0.29) is 13.2 Å². The normalized spacial score (nSPS) is 11.9. The summed E-state index contributed by atoms with van der Waals surface area (Å²) in [5, 5.41) is 20.3. The number of benzene rings is 2. The van der Waals surface area contributed by atoms with Gasteiger partial charge in [0.15, 0.2) is 0 Å². The lowest BCUT2D eigenvalue weighted by atomic mass is 10.2. The van der Waals surface area contributed by atoms with E-state index >= 15 is 0 Å². The number of aliphatic hydroxyl groups is 2. The molecule has 0 aliphatic heterocycles. The van der Waals surface area contributed by atoms with Crippen molar-refractivity contribution in [1.29, 1.82) is 0 Å². The Kier molecular flexibility index (Phi) is 7.39. The standard InChI is InChI=1S/C18H23NO4/c20-11-10-19-12-16(21)14-23-18-8-6-17(7-9-18)22-13-15-4-2-1-3-5-15/h1-9,16,19-21H,10-14H2/p+1/t16-/m1/s1. The SMILES string of the molecule is OCC[NH2+]C[C@@H](O)COc1ccc(OCc2ccccc2)cc1. The third-order valence-electron chi connectivity index (χ3n) is 3.29. The molecule has 0 spiro atoms. The molecule has 2 aromatic carbocycles. The molecule has 5 nitrogen and oxygen atoms in total. The zero-order chi connectivity index (χ0) is 16.3. The van der Waals surface area contributed by atoms with Crippen LogP contribution in [0.2, 0.25) is 0 Å². The zero-order valence-electron chi connectivity index (χ0n) is 13.1. The second kappa shape index (κ2) is 9.84. The van der Waals surface area contributed by atoms with Gasteiger partial charge in [0.2, 0.25) is 0 Å². The fraction of sp³-hybridized carbons (Fsp3) is 0.333. The van der Waals surface area contributed by atoms with E-state index < -0.39 is 6.10 Å². The summed E-state index contributed by atoms with van der Waals surface area (Å²) in [5.41, 5.74) is 1.12. The number of rotatable bonds is 10. The minimum absolute atomic E-state index is 0.109. The highest BCUT2D eigenvalue weighted by atomic mass is 16.5. The van der Waals surface area contributed by atoms with Gasteiger partial charge in [-0.3, -0.25) is 0 Å². The smallest absolute Gasteiger partial charge is 0.137 e. The van der Waals surface area contributed by atoms with Crippen LogP contribution in [0.25, 0.3) is 0 Å². The Hall–Kier alpha value is -2.08. The fourth-order valence-electron chi connectivity index (χ4n) is 2.03. The van der Waals surface area contributed by atoms with Crippen LogP contribution in [0.4, 0.5) is 0 Å². The molecular formula is C18H24NO4+. The van der Waals surface area contributed by atoms with Gasteiger partial charge in [-0.15, -0.1) is 0 Å². The molecule has 0 heterocycles. The highest BCUT2D eigenvalue weighted by Gasteiger charge is 2.07. The van der Waals surface area contributed by atoms with Crippen molar-refractivity contribution in [1.82, 2.24) is 0 Å². The van der Waals surface area contributed by atoms with E-state index in [1.807, 2.05) is 59.9 Å². The van der Waals surface area contributed by atoms with Crippen LogP contribution in [0.15, 0.2) is 54.6 Å². The van der Waals surface area contributed by atoms with Gasteiger partial charge in [0.05, 0.1) is 13.2 Å². The van der Waals surface area contributed by atoms with E-state index in [0.717, 1.165) is 11.3 Å². The third kappa shape index (κ3) is 6.69. The van der Waals surface area contributed by atoms with Crippen LogP contribution in [0.5, 0.6) is 11.5 Å². The maximum absolute atomic E-state index is 9.74. The molecule has 1 atom stereocenters. The van der Waals surface area contributed by atoms with Gasteiger partial charge in [0.25, 0.3) is 0 Å². The molecule has 124 valence electrons. The van der Waals surface area contributed by atoms with Crippen LogP contribution >= 0.6 is 0 Å². The van der Waals surface area contributed by atoms with Crippen LogP contribution in [-0.4, -0.2) is 42.6 Å². The van der Waals surface area contributed by atoms with Gasteiger partial charge in [-0.05, 0) is 29.8 Å². The molecule has 0 saturated carbocycles. The molecular weight excluding hydrogens is 294 g/mol. The van der Waals surface area contributed by atoms with Gasteiger partial charge < -0.3 is 25.0 Å². The topological polar surface area (TPSA) is 75.5 Å². The van der Waals surface area contributed by atoms with Crippen molar-refractivity contribution in [2.45, 2.75) is 12.7 Å². The van der Waals surface area contributed by atoms with Crippen molar-refractivity contribution < 1.29 is 25.0 Å². The number of hydrogen-bond acceptors (Lipinski definition) is 4. The van der Waals surface area contributed by atoms with Gasteiger partial charge in [-0.25, -0.2) is 0 Å². The van der Waals surface area contributed by atoms with Crippen molar-refractivity contribution in [2.75, 3.05) is 26.3 Å².